The minimum absolute atomic E-state index is 0.408. The Morgan fingerprint density at radius 3 is 2.69 bits per heavy atom. The minimum atomic E-state index is 0.408. The molecule has 0 saturated heterocycles. The van der Waals surface area contributed by atoms with Gasteiger partial charge >= 0.3 is 0 Å². The Morgan fingerprint density at radius 1 is 1.56 bits per heavy atom. The van der Waals surface area contributed by atoms with Crippen LogP contribution in [0.5, 0.6) is 0 Å². The Morgan fingerprint density at radius 2 is 2.25 bits per heavy atom. The van der Waals surface area contributed by atoms with Crippen LogP contribution in [0.4, 0.5) is 0 Å². The van der Waals surface area contributed by atoms with Gasteiger partial charge in [-0.05, 0) is 32.1 Å². The van der Waals surface area contributed by atoms with Crippen molar-refractivity contribution in [2.45, 2.75) is 46.1 Å². The molecule has 1 aromatic rings. The van der Waals surface area contributed by atoms with Crippen LogP contribution in [0.15, 0.2) is 6.20 Å². The number of nitrogens with zero attached hydrogens (tertiary/aromatic N) is 2. The van der Waals surface area contributed by atoms with Crippen molar-refractivity contribution in [3.05, 3.63) is 17.5 Å². The van der Waals surface area contributed by atoms with E-state index in [2.05, 4.69) is 37.4 Å². The van der Waals surface area contributed by atoms with E-state index in [4.69, 9.17) is 0 Å². The zero-order valence-corrected chi connectivity index (χ0v) is 10.9. The summed E-state index contributed by atoms with van der Waals surface area (Å²) in [5.74, 6) is 0. The lowest BCUT2D eigenvalue weighted by molar-refractivity contribution is 0.152. The van der Waals surface area contributed by atoms with Gasteiger partial charge in [0, 0.05) is 31.4 Å². The summed E-state index contributed by atoms with van der Waals surface area (Å²) in [6.07, 6.45) is 6.27. The van der Waals surface area contributed by atoms with E-state index < -0.39 is 0 Å². The van der Waals surface area contributed by atoms with E-state index >= 15 is 0 Å². The van der Waals surface area contributed by atoms with Crippen LogP contribution in [-0.2, 0) is 7.05 Å². The first-order valence-corrected chi connectivity index (χ1v) is 6.24. The Labute approximate surface area is 98.2 Å². The van der Waals surface area contributed by atoms with Gasteiger partial charge in [0.1, 0.15) is 0 Å². The van der Waals surface area contributed by atoms with Crippen LogP contribution < -0.4 is 5.32 Å². The molecule has 1 aromatic heterocycles. The number of aromatic nitrogens is 2. The molecule has 1 aliphatic rings. The zero-order valence-electron chi connectivity index (χ0n) is 10.9. The molecule has 16 heavy (non-hydrogen) atoms. The van der Waals surface area contributed by atoms with Gasteiger partial charge in [0.2, 0.25) is 0 Å². The highest BCUT2D eigenvalue weighted by Gasteiger charge is 2.31. The van der Waals surface area contributed by atoms with E-state index in [-0.39, 0.29) is 0 Å². The van der Waals surface area contributed by atoms with E-state index in [0.717, 1.165) is 12.2 Å². The summed E-state index contributed by atoms with van der Waals surface area (Å²) in [5.41, 5.74) is 3.01. The zero-order chi connectivity index (χ0) is 11.8. The monoisotopic (exact) mass is 221 g/mol. The molecule has 1 fully saturated rings. The van der Waals surface area contributed by atoms with Crippen molar-refractivity contribution in [3.8, 4) is 0 Å². The average Bonchev–Trinajstić information content (AvgIpc) is 2.51. The molecule has 0 bridgehead atoms. The molecule has 0 radical (unpaired) electrons. The van der Waals surface area contributed by atoms with Gasteiger partial charge in [0.25, 0.3) is 0 Å². The van der Waals surface area contributed by atoms with Gasteiger partial charge in [-0.1, -0.05) is 13.3 Å². The second-order valence-corrected chi connectivity index (χ2v) is 5.61. The molecular formula is C13H23N3. The predicted octanol–water partition coefficient (Wildman–Crippen LogP) is 2.57. The van der Waals surface area contributed by atoms with Crippen molar-refractivity contribution < 1.29 is 0 Å². The maximum absolute atomic E-state index is 4.39. The molecule has 3 nitrogen and oxygen atoms in total. The van der Waals surface area contributed by atoms with Crippen LogP contribution in [0.3, 0.4) is 0 Å². The lowest BCUT2D eigenvalue weighted by Gasteiger charge is -2.39. The lowest BCUT2D eigenvalue weighted by Crippen LogP contribution is -2.38. The van der Waals surface area contributed by atoms with Gasteiger partial charge in [0.05, 0.1) is 5.69 Å². The van der Waals surface area contributed by atoms with Crippen molar-refractivity contribution >= 4 is 0 Å². The molecule has 2 rings (SSSR count). The van der Waals surface area contributed by atoms with Crippen molar-refractivity contribution in [2.24, 2.45) is 12.5 Å². The number of aryl methyl sites for hydroxylation is 2. The minimum Gasteiger partial charge on any atom is -0.310 e. The summed E-state index contributed by atoms with van der Waals surface area (Å²) < 4.78 is 1.90. The molecular weight excluding hydrogens is 198 g/mol. The highest BCUT2D eigenvalue weighted by Crippen LogP contribution is 2.39. The third kappa shape index (κ3) is 2.29. The van der Waals surface area contributed by atoms with Crippen molar-refractivity contribution in [3.63, 3.8) is 0 Å². The van der Waals surface area contributed by atoms with Crippen LogP contribution in [0, 0.1) is 12.3 Å². The van der Waals surface area contributed by atoms with E-state index in [1.807, 2.05) is 11.7 Å². The highest BCUT2D eigenvalue weighted by atomic mass is 15.3. The quantitative estimate of drug-likeness (QED) is 0.847. The van der Waals surface area contributed by atoms with Crippen LogP contribution >= 0.6 is 0 Å². The fourth-order valence-electron chi connectivity index (χ4n) is 2.51. The first-order valence-electron chi connectivity index (χ1n) is 6.24. The molecule has 0 amide bonds. The van der Waals surface area contributed by atoms with E-state index in [0.29, 0.717) is 11.5 Å². The van der Waals surface area contributed by atoms with Crippen LogP contribution in [0.1, 0.15) is 50.4 Å². The fourth-order valence-corrected chi connectivity index (χ4v) is 2.51. The molecule has 0 aromatic carbocycles. The molecule has 1 unspecified atom stereocenters. The highest BCUT2D eigenvalue weighted by molar-refractivity contribution is 5.19. The number of hydrogen-bond donors (Lipinski definition) is 1. The largest absolute Gasteiger partial charge is 0.310 e. The van der Waals surface area contributed by atoms with E-state index in [1.54, 1.807) is 0 Å². The molecule has 3 heteroatoms. The molecule has 0 spiro atoms. The summed E-state index contributed by atoms with van der Waals surface area (Å²) in [4.78, 5) is 0. The van der Waals surface area contributed by atoms with E-state index in [1.165, 1.54) is 24.8 Å². The van der Waals surface area contributed by atoms with Gasteiger partial charge in [-0.2, -0.15) is 5.10 Å². The standard InChI is InChI=1S/C13H23N3/c1-10(12-8-16(4)15-11(12)2)14-9-13(3)6-5-7-13/h8,10,14H,5-7,9H2,1-4H3. The van der Waals surface area contributed by atoms with Gasteiger partial charge in [-0.15, -0.1) is 0 Å². The molecule has 1 atom stereocenters. The Bertz CT molecular complexity index is 363. The maximum Gasteiger partial charge on any atom is 0.0641 e. The summed E-state index contributed by atoms with van der Waals surface area (Å²) in [6, 6.07) is 0.408. The summed E-state index contributed by atoms with van der Waals surface area (Å²) in [7, 11) is 1.98. The van der Waals surface area contributed by atoms with Crippen molar-refractivity contribution in [2.75, 3.05) is 6.54 Å². The third-order valence-corrected chi connectivity index (χ3v) is 3.91. The Kier molecular flexibility index (Phi) is 3.06. The first-order chi connectivity index (χ1) is 7.50. The number of nitrogens with one attached hydrogen (secondary N) is 1. The summed E-state index contributed by atoms with van der Waals surface area (Å²) in [6.45, 7) is 7.82. The van der Waals surface area contributed by atoms with Gasteiger partial charge in [0.15, 0.2) is 0 Å². The van der Waals surface area contributed by atoms with E-state index in [9.17, 15) is 0 Å². The fraction of sp³-hybridized carbons (Fsp3) is 0.769. The maximum atomic E-state index is 4.39. The second kappa shape index (κ2) is 4.21. The number of hydrogen-bond acceptors (Lipinski definition) is 2. The smallest absolute Gasteiger partial charge is 0.0641 e. The van der Waals surface area contributed by atoms with Crippen molar-refractivity contribution in [1.82, 2.24) is 15.1 Å². The lowest BCUT2D eigenvalue weighted by atomic mass is 9.70. The predicted molar refractivity (Wildman–Crippen MR) is 66.3 cm³/mol. The topological polar surface area (TPSA) is 29.9 Å². The van der Waals surface area contributed by atoms with Crippen LogP contribution in [0.25, 0.3) is 0 Å². The molecule has 1 heterocycles. The average molecular weight is 221 g/mol. The molecule has 90 valence electrons. The van der Waals surface area contributed by atoms with Crippen LogP contribution in [-0.4, -0.2) is 16.3 Å². The Hall–Kier alpha value is -0.830. The summed E-state index contributed by atoms with van der Waals surface area (Å²) >= 11 is 0. The summed E-state index contributed by atoms with van der Waals surface area (Å²) in [5, 5.41) is 8.03. The molecule has 1 aliphatic carbocycles. The molecule has 1 N–H and O–H groups in total. The van der Waals surface area contributed by atoms with Gasteiger partial charge in [-0.25, -0.2) is 0 Å². The Balaban J connectivity index is 1.92. The molecule has 0 aliphatic heterocycles. The molecule has 1 saturated carbocycles. The first kappa shape index (κ1) is 11.6. The van der Waals surface area contributed by atoms with Gasteiger partial charge in [-0.3, -0.25) is 4.68 Å². The van der Waals surface area contributed by atoms with Crippen LogP contribution in [0.2, 0.25) is 0 Å². The van der Waals surface area contributed by atoms with Gasteiger partial charge < -0.3 is 5.32 Å². The number of rotatable bonds is 4. The third-order valence-electron chi connectivity index (χ3n) is 3.91. The normalized spacial score (nSPS) is 20.5. The SMILES string of the molecule is Cc1nn(C)cc1C(C)NCC1(C)CCC1. The second-order valence-electron chi connectivity index (χ2n) is 5.61. The van der Waals surface area contributed by atoms with Crippen molar-refractivity contribution in [1.29, 1.82) is 0 Å².